The van der Waals surface area contributed by atoms with E-state index < -0.39 is 18.5 Å². The van der Waals surface area contributed by atoms with Crippen molar-refractivity contribution in [2.24, 2.45) is 0 Å². The minimum atomic E-state index is -1.14. The third kappa shape index (κ3) is 6.46. The number of methoxy groups -OCH3 is 1. The number of aromatic nitrogens is 2. The smallest absolute Gasteiger partial charge is 0.329 e. The third-order valence-corrected chi connectivity index (χ3v) is 6.33. The van der Waals surface area contributed by atoms with Crippen LogP contribution in [0.3, 0.4) is 0 Å². The standard InChI is InChI=1S/C27H22Cl3N3O5/c1-37-20-9-2-16(3-10-20)13-31-27(36)25-21(14-38-15-24(34)35)26(17-4-6-18(28)7-5-17)33(32-25)23-11-8-19(29)12-22(23)30/h2-12H,13-15H2,1H3,(H,31,36)(H,34,35). The second kappa shape index (κ2) is 12.3. The summed E-state index contributed by atoms with van der Waals surface area (Å²) < 4.78 is 12.1. The fourth-order valence-electron chi connectivity index (χ4n) is 3.75. The number of nitrogens with one attached hydrogen (secondary N) is 1. The lowest BCUT2D eigenvalue weighted by atomic mass is 10.1. The van der Waals surface area contributed by atoms with E-state index in [-0.39, 0.29) is 18.8 Å². The van der Waals surface area contributed by atoms with Crippen molar-refractivity contribution >= 4 is 46.7 Å². The Labute approximate surface area is 233 Å². The second-order valence-corrected chi connectivity index (χ2v) is 9.39. The van der Waals surface area contributed by atoms with Gasteiger partial charge in [0.05, 0.1) is 30.1 Å². The van der Waals surface area contributed by atoms with Crippen molar-refractivity contribution in [3.63, 3.8) is 0 Å². The second-order valence-electron chi connectivity index (χ2n) is 8.11. The Morgan fingerprint density at radius 1 is 0.974 bits per heavy atom. The van der Waals surface area contributed by atoms with E-state index in [1.807, 2.05) is 12.1 Å². The van der Waals surface area contributed by atoms with Crippen molar-refractivity contribution in [1.82, 2.24) is 15.1 Å². The molecule has 0 aliphatic heterocycles. The molecular weight excluding hydrogens is 553 g/mol. The number of amides is 1. The number of nitrogens with zero attached hydrogens (tertiary/aromatic N) is 2. The topological polar surface area (TPSA) is 103 Å². The molecule has 11 heteroatoms. The van der Waals surface area contributed by atoms with Crippen molar-refractivity contribution in [2.75, 3.05) is 13.7 Å². The summed E-state index contributed by atoms with van der Waals surface area (Å²) in [5.74, 6) is -0.922. The zero-order chi connectivity index (χ0) is 27.2. The highest BCUT2D eigenvalue weighted by Gasteiger charge is 2.26. The van der Waals surface area contributed by atoms with Crippen molar-refractivity contribution in [1.29, 1.82) is 0 Å². The van der Waals surface area contributed by atoms with E-state index in [2.05, 4.69) is 10.4 Å². The first-order valence-corrected chi connectivity index (χ1v) is 12.4. The number of carbonyl (C=O) groups is 2. The van der Waals surface area contributed by atoms with Gasteiger partial charge in [0, 0.05) is 27.7 Å². The van der Waals surface area contributed by atoms with E-state index in [1.165, 1.54) is 4.68 Å². The molecule has 0 radical (unpaired) electrons. The van der Waals surface area contributed by atoms with E-state index in [0.29, 0.717) is 43.3 Å². The summed E-state index contributed by atoms with van der Waals surface area (Å²) in [5.41, 5.74) is 2.91. The number of halogens is 3. The molecule has 0 saturated heterocycles. The van der Waals surface area contributed by atoms with Gasteiger partial charge in [0.2, 0.25) is 0 Å². The molecule has 0 saturated carbocycles. The molecule has 0 aliphatic rings. The van der Waals surface area contributed by atoms with Crippen LogP contribution in [0.5, 0.6) is 5.75 Å². The first-order valence-electron chi connectivity index (χ1n) is 11.3. The third-order valence-electron chi connectivity index (χ3n) is 5.54. The fourth-order valence-corrected chi connectivity index (χ4v) is 4.37. The number of carboxylic acids is 1. The molecule has 4 aromatic rings. The molecule has 196 valence electrons. The van der Waals surface area contributed by atoms with Crippen LogP contribution in [0.1, 0.15) is 21.6 Å². The molecule has 1 aromatic heterocycles. The van der Waals surface area contributed by atoms with Crippen LogP contribution in [-0.4, -0.2) is 40.5 Å². The zero-order valence-electron chi connectivity index (χ0n) is 20.1. The van der Waals surface area contributed by atoms with Crippen molar-refractivity contribution in [2.45, 2.75) is 13.2 Å². The number of rotatable bonds is 10. The average Bonchev–Trinajstić information content (AvgIpc) is 3.27. The summed E-state index contributed by atoms with van der Waals surface area (Å²) in [6.07, 6.45) is 0. The predicted octanol–water partition coefficient (Wildman–Crippen LogP) is 6.04. The number of benzene rings is 3. The molecular formula is C27H22Cl3N3O5. The zero-order valence-corrected chi connectivity index (χ0v) is 22.3. The van der Waals surface area contributed by atoms with Gasteiger partial charge in [0.1, 0.15) is 12.4 Å². The Balaban J connectivity index is 1.80. The summed E-state index contributed by atoms with van der Waals surface area (Å²) in [5, 5.41) is 17.8. The van der Waals surface area contributed by atoms with Gasteiger partial charge in [-0.2, -0.15) is 5.10 Å². The first kappa shape index (κ1) is 27.5. The van der Waals surface area contributed by atoms with Gasteiger partial charge in [-0.05, 0) is 48.0 Å². The van der Waals surface area contributed by atoms with Crippen LogP contribution >= 0.6 is 34.8 Å². The van der Waals surface area contributed by atoms with Gasteiger partial charge in [0.15, 0.2) is 5.69 Å². The number of hydrogen-bond donors (Lipinski definition) is 2. The maximum absolute atomic E-state index is 13.4. The maximum atomic E-state index is 13.4. The molecule has 0 atom stereocenters. The fraction of sp³-hybridized carbons (Fsp3) is 0.148. The Morgan fingerprint density at radius 2 is 1.66 bits per heavy atom. The van der Waals surface area contributed by atoms with Gasteiger partial charge in [0.25, 0.3) is 5.91 Å². The molecule has 3 aromatic carbocycles. The minimum Gasteiger partial charge on any atom is -0.497 e. The van der Waals surface area contributed by atoms with Crippen molar-refractivity contribution in [3.8, 4) is 22.7 Å². The summed E-state index contributed by atoms with van der Waals surface area (Å²) in [6, 6.07) is 19.1. The molecule has 38 heavy (non-hydrogen) atoms. The van der Waals surface area contributed by atoms with Gasteiger partial charge >= 0.3 is 5.97 Å². The Morgan fingerprint density at radius 3 is 2.29 bits per heavy atom. The number of ether oxygens (including phenoxy) is 2. The van der Waals surface area contributed by atoms with Crippen LogP contribution in [0.4, 0.5) is 0 Å². The van der Waals surface area contributed by atoms with Crippen molar-refractivity contribution in [3.05, 3.63) is 98.6 Å². The SMILES string of the molecule is COc1ccc(CNC(=O)c2nn(-c3ccc(Cl)cc3Cl)c(-c3ccc(Cl)cc3)c2COCC(=O)O)cc1. The summed E-state index contributed by atoms with van der Waals surface area (Å²) in [6.45, 7) is -0.524. The highest BCUT2D eigenvalue weighted by Crippen LogP contribution is 2.34. The normalized spacial score (nSPS) is 10.8. The average molecular weight is 575 g/mol. The molecule has 0 unspecified atom stereocenters. The molecule has 0 bridgehead atoms. The molecule has 1 heterocycles. The lowest BCUT2D eigenvalue weighted by Gasteiger charge is -2.12. The van der Waals surface area contributed by atoms with Gasteiger partial charge in [-0.3, -0.25) is 4.79 Å². The number of carbonyl (C=O) groups excluding carboxylic acids is 1. The lowest BCUT2D eigenvalue weighted by molar-refractivity contribution is -0.142. The van der Waals surface area contributed by atoms with Crippen molar-refractivity contribution < 1.29 is 24.2 Å². The molecule has 2 N–H and O–H groups in total. The van der Waals surface area contributed by atoms with Crippen LogP contribution in [0.2, 0.25) is 15.1 Å². The Hall–Kier alpha value is -3.56. The quantitative estimate of drug-likeness (QED) is 0.239. The Kier molecular flexibility index (Phi) is 8.91. The molecule has 1 amide bonds. The molecule has 0 fully saturated rings. The monoisotopic (exact) mass is 573 g/mol. The summed E-state index contributed by atoms with van der Waals surface area (Å²) in [4.78, 5) is 24.6. The lowest BCUT2D eigenvalue weighted by Crippen LogP contribution is -2.24. The van der Waals surface area contributed by atoms with Gasteiger partial charge in [-0.1, -0.05) is 59.1 Å². The van der Waals surface area contributed by atoms with E-state index in [4.69, 9.17) is 49.4 Å². The van der Waals surface area contributed by atoms with Gasteiger partial charge < -0.3 is 19.9 Å². The Bertz CT molecular complexity index is 1450. The number of carboxylic acid groups (broad SMARTS) is 1. The molecule has 4 rings (SSSR count). The maximum Gasteiger partial charge on any atom is 0.329 e. The van der Waals surface area contributed by atoms with Crippen LogP contribution < -0.4 is 10.1 Å². The highest BCUT2D eigenvalue weighted by molar-refractivity contribution is 6.35. The van der Waals surface area contributed by atoms with Crippen LogP contribution in [0.25, 0.3) is 16.9 Å². The largest absolute Gasteiger partial charge is 0.497 e. The van der Waals surface area contributed by atoms with E-state index in [9.17, 15) is 9.59 Å². The highest BCUT2D eigenvalue weighted by atomic mass is 35.5. The first-order chi connectivity index (χ1) is 18.3. The van der Waals surface area contributed by atoms with Crippen LogP contribution in [0, 0.1) is 0 Å². The van der Waals surface area contributed by atoms with E-state index >= 15 is 0 Å². The molecule has 0 spiro atoms. The van der Waals surface area contributed by atoms with E-state index in [0.717, 1.165) is 5.56 Å². The van der Waals surface area contributed by atoms with Gasteiger partial charge in [-0.25, -0.2) is 9.48 Å². The minimum absolute atomic E-state index is 0.0554. The summed E-state index contributed by atoms with van der Waals surface area (Å²) >= 11 is 18.7. The molecule has 0 aliphatic carbocycles. The van der Waals surface area contributed by atoms with E-state index in [1.54, 1.807) is 61.7 Å². The van der Waals surface area contributed by atoms with Crippen LogP contribution in [0.15, 0.2) is 66.7 Å². The van der Waals surface area contributed by atoms with Gasteiger partial charge in [-0.15, -0.1) is 0 Å². The number of hydrogen-bond acceptors (Lipinski definition) is 5. The number of aliphatic carboxylic acids is 1. The summed E-state index contributed by atoms with van der Waals surface area (Å²) in [7, 11) is 1.58. The molecule has 8 nitrogen and oxygen atoms in total. The predicted molar refractivity (Wildman–Crippen MR) is 145 cm³/mol. The van der Waals surface area contributed by atoms with Crippen LogP contribution in [-0.2, 0) is 22.7 Å².